The summed E-state index contributed by atoms with van der Waals surface area (Å²) in [6.07, 6.45) is 2.72. The molecule has 5 nitrogen and oxygen atoms in total. The minimum Gasteiger partial charge on any atom is -0.377 e. The molecular formula is C15H24N2O3S. The van der Waals surface area contributed by atoms with Gasteiger partial charge in [0.2, 0.25) is 10.0 Å². The molecule has 2 unspecified atom stereocenters. The maximum atomic E-state index is 12.0. The average molecular weight is 312 g/mol. The first-order chi connectivity index (χ1) is 9.96. The van der Waals surface area contributed by atoms with E-state index in [0.29, 0.717) is 13.2 Å². The van der Waals surface area contributed by atoms with Gasteiger partial charge in [-0.15, -0.1) is 0 Å². The van der Waals surface area contributed by atoms with Crippen LogP contribution >= 0.6 is 0 Å². The van der Waals surface area contributed by atoms with Gasteiger partial charge in [0.1, 0.15) is 0 Å². The number of hydrogen-bond acceptors (Lipinski definition) is 4. The average Bonchev–Trinajstić information content (AvgIpc) is 2.46. The summed E-state index contributed by atoms with van der Waals surface area (Å²) in [7, 11) is -3.31. The van der Waals surface area contributed by atoms with E-state index in [4.69, 9.17) is 10.5 Å². The van der Waals surface area contributed by atoms with Crippen LogP contribution in [0, 0.1) is 0 Å². The Kier molecular flexibility index (Phi) is 5.75. The molecule has 0 bridgehead atoms. The van der Waals surface area contributed by atoms with Crippen LogP contribution in [0.3, 0.4) is 0 Å². The van der Waals surface area contributed by atoms with E-state index < -0.39 is 10.0 Å². The summed E-state index contributed by atoms with van der Waals surface area (Å²) < 4.78 is 32.2. The highest BCUT2D eigenvalue weighted by atomic mass is 32.2. The van der Waals surface area contributed by atoms with E-state index >= 15 is 0 Å². The molecule has 0 radical (unpaired) electrons. The van der Waals surface area contributed by atoms with Crippen LogP contribution in [0.15, 0.2) is 24.3 Å². The number of rotatable bonds is 6. The molecule has 21 heavy (non-hydrogen) atoms. The minimum absolute atomic E-state index is 0.0146. The third-order valence-corrected chi connectivity index (χ3v) is 5.08. The molecule has 1 saturated heterocycles. The van der Waals surface area contributed by atoms with Gasteiger partial charge in [0.15, 0.2) is 0 Å². The number of hydrogen-bond donors (Lipinski definition) is 2. The lowest BCUT2D eigenvalue weighted by molar-refractivity contribution is 0.0304. The summed E-state index contributed by atoms with van der Waals surface area (Å²) in [4.78, 5) is 0. The lowest BCUT2D eigenvalue weighted by atomic mass is 10.1. The highest BCUT2D eigenvalue weighted by molar-refractivity contribution is 7.89. The van der Waals surface area contributed by atoms with Crippen molar-refractivity contribution in [2.45, 2.75) is 44.9 Å². The summed E-state index contributed by atoms with van der Waals surface area (Å²) in [5.41, 5.74) is 7.75. The molecule has 2 atom stereocenters. The van der Waals surface area contributed by atoms with Gasteiger partial charge in [0, 0.05) is 19.2 Å². The molecule has 6 heteroatoms. The van der Waals surface area contributed by atoms with Crippen molar-refractivity contribution < 1.29 is 13.2 Å². The van der Waals surface area contributed by atoms with E-state index in [1.54, 1.807) is 0 Å². The maximum absolute atomic E-state index is 12.0. The summed E-state index contributed by atoms with van der Waals surface area (Å²) in [6.45, 7) is 2.88. The summed E-state index contributed by atoms with van der Waals surface area (Å²) in [6, 6.07) is 7.65. The van der Waals surface area contributed by atoms with E-state index in [1.807, 2.05) is 31.2 Å². The summed E-state index contributed by atoms with van der Waals surface area (Å²) >= 11 is 0. The lowest BCUT2D eigenvalue weighted by Crippen LogP contribution is -2.34. The molecule has 3 N–H and O–H groups in total. The van der Waals surface area contributed by atoms with Crippen molar-refractivity contribution in [1.82, 2.24) is 4.72 Å². The molecule has 1 aliphatic heterocycles. The van der Waals surface area contributed by atoms with Crippen LogP contribution in [0.25, 0.3) is 0 Å². The Morgan fingerprint density at radius 1 is 1.33 bits per heavy atom. The van der Waals surface area contributed by atoms with Gasteiger partial charge in [-0.25, -0.2) is 13.1 Å². The second kappa shape index (κ2) is 7.35. The maximum Gasteiger partial charge on any atom is 0.214 e. The number of sulfonamides is 1. The zero-order chi connectivity index (χ0) is 15.3. The van der Waals surface area contributed by atoms with Gasteiger partial charge in [-0.1, -0.05) is 24.3 Å². The molecule has 1 heterocycles. The first kappa shape index (κ1) is 16.4. The van der Waals surface area contributed by atoms with E-state index in [9.17, 15) is 8.42 Å². The lowest BCUT2D eigenvalue weighted by Gasteiger charge is -2.22. The highest BCUT2D eigenvalue weighted by Gasteiger charge is 2.21. The zero-order valence-electron chi connectivity index (χ0n) is 12.4. The van der Waals surface area contributed by atoms with Crippen LogP contribution < -0.4 is 10.5 Å². The Labute approximate surface area is 126 Å². The van der Waals surface area contributed by atoms with Crippen molar-refractivity contribution >= 4 is 10.0 Å². The summed E-state index contributed by atoms with van der Waals surface area (Å²) in [5, 5.41) is 0. The first-order valence-electron chi connectivity index (χ1n) is 7.39. The quantitative estimate of drug-likeness (QED) is 0.837. The van der Waals surface area contributed by atoms with Gasteiger partial charge in [0.25, 0.3) is 0 Å². The SMILES string of the molecule is CC(N)c1ccc(CNS(=O)(=O)CC2CCCCO2)cc1. The van der Waals surface area contributed by atoms with Crippen molar-refractivity contribution in [3.63, 3.8) is 0 Å². The fraction of sp³-hybridized carbons (Fsp3) is 0.600. The number of nitrogens with two attached hydrogens (primary N) is 1. The van der Waals surface area contributed by atoms with E-state index in [0.717, 1.165) is 30.4 Å². The molecule has 0 saturated carbocycles. The zero-order valence-corrected chi connectivity index (χ0v) is 13.2. The Bertz CT molecular complexity index is 535. The Morgan fingerprint density at radius 2 is 2.05 bits per heavy atom. The summed E-state index contributed by atoms with van der Waals surface area (Å²) in [5.74, 6) is 0.0465. The van der Waals surface area contributed by atoms with E-state index in [1.165, 1.54) is 0 Å². The van der Waals surface area contributed by atoms with Crippen molar-refractivity contribution in [3.05, 3.63) is 35.4 Å². The third kappa shape index (κ3) is 5.39. The van der Waals surface area contributed by atoms with Crippen LogP contribution in [0.4, 0.5) is 0 Å². The standard InChI is InChI=1S/C15H24N2O3S/c1-12(16)14-7-5-13(6-8-14)10-17-21(18,19)11-15-4-2-3-9-20-15/h5-8,12,15,17H,2-4,9-11,16H2,1H3. The van der Waals surface area contributed by atoms with Crippen LogP contribution in [0.5, 0.6) is 0 Å². The van der Waals surface area contributed by atoms with Gasteiger partial charge < -0.3 is 10.5 Å². The number of ether oxygens (including phenoxy) is 1. The molecule has 2 rings (SSSR count). The van der Waals surface area contributed by atoms with E-state index in [2.05, 4.69) is 4.72 Å². The predicted octanol–water partition coefficient (Wildman–Crippen LogP) is 1.69. The second-order valence-corrected chi connectivity index (χ2v) is 7.47. The monoisotopic (exact) mass is 312 g/mol. The minimum atomic E-state index is -3.31. The molecule has 1 aliphatic rings. The van der Waals surface area contributed by atoms with Gasteiger partial charge in [-0.05, 0) is 37.3 Å². The van der Waals surface area contributed by atoms with Gasteiger partial charge in [0.05, 0.1) is 11.9 Å². The largest absolute Gasteiger partial charge is 0.377 e. The van der Waals surface area contributed by atoms with Crippen molar-refractivity contribution in [3.8, 4) is 0 Å². The van der Waals surface area contributed by atoms with Gasteiger partial charge >= 0.3 is 0 Å². The van der Waals surface area contributed by atoms with Gasteiger partial charge in [-0.3, -0.25) is 0 Å². The molecule has 1 aromatic rings. The molecule has 1 aromatic carbocycles. The smallest absolute Gasteiger partial charge is 0.214 e. The van der Waals surface area contributed by atoms with Crippen LogP contribution in [0.1, 0.15) is 43.4 Å². The Morgan fingerprint density at radius 3 is 2.62 bits per heavy atom. The molecule has 0 aromatic heterocycles. The second-order valence-electron chi connectivity index (χ2n) is 5.62. The van der Waals surface area contributed by atoms with Crippen molar-refractivity contribution in [1.29, 1.82) is 0 Å². The van der Waals surface area contributed by atoms with Crippen LogP contribution in [0.2, 0.25) is 0 Å². The molecular weight excluding hydrogens is 288 g/mol. The molecule has 0 spiro atoms. The van der Waals surface area contributed by atoms with Crippen LogP contribution in [-0.4, -0.2) is 26.9 Å². The fourth-order valence-corrected chi connectivity index (χ4v) is 3.63. The molecule has 1 fully saturated rings. The first-order valence-corrected chi connectivity index (χ1v) is 9.05. The predicted molar refractivity (Wildman–Crippen MR) is 83.3 cm³/mol. The highest BCUT2D eigenvalue weighted by Crippen LogP contribution is 2.15. The number of benzene rings is 1. The molecule has 0 amide bonds. The Hall–Kier alpha value is -0.950. The van der Waals surface area contributed by atoms with Crippen molar-refractivity contribution in [2.75, 3.05) is 12.4 Å². The van der Waals surface area contributed by atoms with Crippen LogP contribution in [-0.2, 0) is 21.3 Å². The number of nitrogens with one attached hydrogen (secondary N) is 1. The third-order valence-electron chi connectivity index (χ3n) is 3.68. The van der Waals surface area contributed by atoms with E-state index in [-0.39, 0.29) is 17.9 Å². The fourth-order valence-electron chi connectivity index (χ4n) is 2.37. The molecule has 0 aliphatic carbocycles. The Balaban J connectivity index is 1.85. The molecule has 118 valence electrons. The van der Waals surface area contributed by atoms with Gasteiger partial charge in [-0.2, -0.15) is 0 Å². The normalized spacial score (nSPS) is 21.1. The topological polar surface area (TPSA) is 81.4 Å². The van der Waals surface area contributed by atoms with Crippen molar-refractivity contribution in [2.24, 2.45) is 5.73 Å².